The van der Waals surface area contributed by atoms with Crippen LogP contribution in [0.15, 0.2) is 65.7 Å². The van der Waals surface area contributed by atoms with Crippen LogP contribution in [0.2, 0.25) is 0 Å². The molecule has 0 unspecified atom stereocenters. The van der Waals surface area contributed by atoms with E-state index in [1.54, 1.807) is 12.1 Å². The predicted molar refractivity (Wildman–Crippen MR) is 122 cm³/mol. The van der Waals surface area contributed by atoms with Gasteiger partial charge in [-0.25, -0.2) is 26.0 Å². The van der Waals surface area contributed by atoms with E-state index >= 15 is 4.39 Å². The van der Waals surface area contributed by atoms with Gasteiger partial charge in [0.2, 0.25) is 5.69 Å². The molecule has 10 heteroatoms. The number of carbonyl (C=O) groups is 1. The minimum Gasteiger partial charge on any atom is -0.455 e. The maximum Gasteiger partial charge on any atom is 0.268 e. The number of carbonyl (C=O) groups excluding carboxylic acids is 1. The second-order valence-electron chi connectivity index (χ2n) is 7.33. The van der Waals surface area contributed by atoms with E-state index in [1.165, 1.54) is 37.5 Å². The minimum atomic E-state index is -4.09. The lowest BCUT2D eigenvalue weighted by Crippen LogP contribution is -2.20. The highest BCUT2D eigenvalue weighted by Gasteiger charge is 2.26. The number of fused-ring (bicyclic) bond motifs is 1. The van der Waals surface area contributed by atoms with Crippen molar-refractivity contribution in [2.45, 2.75) is 11.8 Å². The van der Waals surface area contributed by atoms with Crippen molar-refractivity contribution in [3.05, 3.63) is 95.0 Å². The molecule has 0 atom stereocenters. The van der Waals surface area contributed by atoms with Gasteiger partial charge < -0.3 is 10.1 Å². The molecule has 1 N–H and O–H groups in total. The summed E-state index contributed by atoms with van der Waals surface area (Å²) in [6, 6.07) is 11.7. The topological polar surface area (TPSA) is 81.8 Å². The molecule has 0 aliphatic rings. The van der Waals surface area contributed by atoms with E-state index in [9.17, 15) is 17.6 Å². The molecule has 172 valence electrons. The Balaban J connectivity index is 1.92. The zero-order valence-electron chi connectivity index (χ0n) is 18.0. The van der Waals surface area contributed by atoms with Crippen LogP contribution in [-0.2, 0) is 10.0 Å². The number of aryl methyl sites for hydroxylation is 1. The summed E-state index contributed by atoms with van der Waals surface area (Å²) >= 11 is 0. The van der Waals surface area contributed by atoms with Crippen LogP contribution in [0.3, 0.4) is 0 Å². The number of hydrogen-bond donors (Lipinski definition) is 1. The molecule has 34 heavy (non-hydrogen) atoms. The molecule has 0 saturated carbocycles. The standard InChI is InChI=1S/C24H17F2N3O4S/c1-14-4-7-16(8-5-14)34(31,32)29-11-10-17-21(29)13-19(26)23(22(17)24(30)28-3)33-15-6-9-18(25)20(12-15)27-2/h4-13H,1,3H3,(H,28,30). The van der Waals surface area contributed by atoms with Gasteiger partial charge in [0, 0.05) is 24.7 Å². The molecule has 1 aromatic heterocycles. The van der Waals surface area contributed by atoms with E-state index < -0.39 is 33.3 Å². The Morgan fingerprint density at radius 1 is 1.06 bits per heavy atom. The lowest BCUT2D eigenvalue weighted by Gasteiger charge is -2.14. The van der Waals surface area contributed by atoms with E-state index in [0.29, 0.717) is 0 Å². The first-order chi connectivity index (χ1) is 16.2. The van der Waals surface area contributed by atoms with Crippen molar-refractivity contribution in [3.8, 4) is 11.5 Å². The fraction of sp³-hybridized carbons (Fsp3) is 0.0833. The van der Waals surface area contributed by atoms with Gasteiger partial charge in [-0.05, 0) is 43.3 Å². The Kier molecular flexibility index (Phi) is 5.81. The maximum absolute atomic E-state index is 15.3. The van der Waals surface area contributed by atoms with E-state index in [-0.39, 0.29) is 32.8 Å². The third-order valence-corrected chi connectivity index (χ3v) is 6.86. The number of halogens is 2. The molecule has 1 heterocycles. The third-order valence-electron chi connectivity index (χ3n) is 5.16. The largest absolute Gasteiger partial charge is 0.455 e. The normalized spacial score (nSPS) is 11.3. The molecule has 0 aliphatic carbocycles. The minimum absolute atomic E-state index is 0.00388. The highest BCUT2D eigenvalue weighted by Crippen LogP contribution is 2.37. The van der Waals surface area contributed by atoms with Crippen molar-refractivity contribution in [1.82, 2.24) is 9.29 Å². The SMILES string of the molecule is [C-]#[N+]c1cc(Oc2c(F)cc3c(ccn3S(=O)(=O)c3ccc(C)cc3)c2C(=O)NC)ccc1F. The number of hydrogen-bond acceptors (Lipinski definition) is 4. The zero-order valence-corrected chi connectivity index (χ0v) is 18.8. The summed E-state index contributed by atoms with van der Waals surface area (Å²) < 4.78 is 61.8. The van der Waals surface area contributed by atoms with Crippen LogP contribution in [0.1, 0.15) is 15.9 Å². The van der Waals surface area contributed by atoms with E-state index in [4.69, 9.17) is 11.3 Å². The van der Waals surface area contributed by atoms with Crippen LogP contribution in [0.25, 0.3) is 15.7 Å². The van der Waals surface area contributed by atoms with Crippen molar-refractivity contribution in [2.24, 2.45) is 0 Å². The summed E-state index contributed by atoms with van der Waals surface area (Å²) in [5.41, 5.74) is 0.220. The molecule has 0 fully saturated rings. The number of nitrogens with zero attached hydrogens (tertiary/aromatic N) is 2. The van der Waals surface area contributed by atoms with E-state index in [1.807, 2.05) is 6.92 Å². The summed E-state index contributed by atoms with van der Waals surface area (Å²) in [6.45, 7) is 8.84. The Hall–Kier alpha value is -4.23. The molecular weight excluding hydrogens is 464 g/mol. The molecule has 4 aromatic rings. The second-order valence-corrected chi connectivity index (χ2v) is 9.15. The Morgan fingerprint density at radius 2 is 1.76 bits per heavy atom. The first-order valence-corrected chi connectivity index (χ1v) is 11.3. The molecule has 4 rings (SSSR count). The van der Waals surface area contributed by atoms with E-state index in [0.717, 1.165) is 27.7 Å². The Bertz CT molecular complexity index is 1590. The average molecular weight is 481 g/mol. The number of amides is 1. The van der Waals surface area contributed by atoms with Crippen molar-refractivity contribution in [2.75, 3.05) is 7.05 Å². The van der Waals surface area contributed by atoms with Crippen LogP contribution in [0.5, 0.6) is 11.5 Å². The van der Waals surface area contributed by atoms with Crippen molar-refractivity contribution in [1.29, 1.82) is 0 Å². The Labute approximate surface area is 194 Å². The molecular formula is C24H17F2N3O4S. The lowest BCUT2D eigenvalue weighted by atomic mass is 10.1. The summed E-state index contributed by atoms with van der Waals surface area (Å²) in [7, 11) is -2.76. The molecule has 0 radical (unpaired) electrons. The quantitative estimate of drug-likeness (QED) is 0.399. The van der Waals surface area contributed by atoms with Gasteiger partial charge in [0.05, 0.1) is 22.5 Å². The van der Waals surface area contributed by atoms with Gasteiger partial charge in [-0.1, -0.05) is 17.7 Å². The predicted octanol–water partition coefficient (Wildman–Crippen LogP) is 5.17. The second kappa shape index (κ2) is 8.61. The van der Waals surface area contributed by atoms with Crippen molar-refractivity contribution >= 4 is 32.5 Å². The van der Waals surface area contributed by atoms with Crippen molar-refractivity contribution < 1.29 is 26.7 Å². The monoisotopic (exact) mass is 481 g/mol. The number of benzene rings is 3. The van der Waals surface area contributed by atoms with Crippen LogP contribution in [0, 0.1) is 25.1 Å². The zero-order chi connectivity index (χ0) is 24.6. The summed E-state index contributed by atoms with van der Waals surface area (Å²) in [5, 5.41) is 2.52. The molecule has 1 amide bonds. The van der Waals surface area contributed by atoms with E-state index in [2.05, 4.69) is 10.2 Å². The smallest absolute Gasteiger partial charge is 0.268 e. The molecule has 0 bridgehead atoms. The highest BCUT2D eigenvalue weighted by molar-refractivity contribution is 7.90. The van der Waals surface area contributed by atoms with Crippen LogP contribution >= 0.6 is 0 Å². The maximum atomic E-state index is 15.3. The van der Waals surface area contributed by atoms with Gasteiger partial charge in [0.1, 0.15) is 11.6 Å². The fourth-order valence-electron chi connectivity index (χ4n) is 3.45. The molecule has 7 nitrogen and oxygen atoms in total. The van der Waals surface area contributed by atoms with Gasteiger partial charge in [0.25, 0.3) is 15.9 Å². The summed E-state index contributed by atoms with van der Waals surface area (Å²) in [4.78, 5) is 15.7. The summed E-state index contributed by atoms with van der Waals surface area (Å²) in [5.74, 6) is -3.07. The third kappa shape index (κ3) is 3.86. The molecule has 3 aromatic carbocycles. The van der Waals surface area contributed by atoms with Crippen LogP contribution in [0.4, 0.5) is 14.5 Å². The van der Waals surface area contributed by atoms with Gasteiger partial charge in [0.15, 0.2) is 11.6 Å². The molecule has 0 aliphatic heterocycles. The van der Waals surface area contributed by atoms with Gasteiger partial charge in [-0.15, -0.1) is 0 Å². The van der Waals surface area contributed by atoms with Gasteiger partial charge in [-0.2, -0.15) is 0 Å². The molecule has 0 spiro atoms. The van der Waals surface area contributed by atoms with Gasteiger partial charge >= 0.3 is 0 Å². The first-order valence-electron chi connectivity index (χ1n) is 9.90. The fourth-order valence-corrected chi connectivity index (χ4v) is 4.79. The highest BCUT2D eigenvalue weighted by atomic mass is 32.2. The molecule has 0 saturated heterocycles. The van der Waals surface area contributed by atoms with Crippen molar-refractivity contribution in [3.63, 3.8) is 0 Å². The van der Waals surface area contributed by atoms with Crippen LogP contribution in [-0.4, -0.2) is 25.3 Å². The number of ether oxygens (including phenoxy) is 1. The average Bonchev–Trinajstić information content (AvgIpc) is 3.24. The number of rotatable bonds is 5. The lowest BCUT2D eigenvalue weighted by molar-refractivity contribution is 0.0962. The first kappa shape index (κ1) is 22.9. The number of nitrogens with one attached hydrogen (secondary N) is 1. The Morgan fingerprint density at radius 3 is 2.41 bits per heavy atom. The summed E-state index contributed by atoms with van der Waals surface area (Å²) in [6.07, 6.45) is 1.23. The number of aromatic nitrogens is 1. The van der Waals surface area contributed by atoms with Gasteiger partial charge in [-0.3, -0.25) is 4.79 Å². The van der Waals surface area contributed by atoms with Crippen LogP contribution < -0.4 is 10.1 Å².